The second-order valence-corrected chi connectivity index (χ2v) is 9.45. The number of carbonyl (C=O) groups is 1. The second-order valence-electron chi connectivity index (χ2n) is 7.51. The molecule has 0 N–H and O–H groups in total. The Morgan fingerprint density at radius 3 is 2.57 bits per heavy atom. The normalized spacial score (nSPS) is 21.1. The van der Waals surface area contributed by atoms with E-state index in [1.54, 1.807) is 39.4 Å². The van der Waals surface area contributed by atoms with Gasteiger partial charge in [-0.25, -0.2) is 8.42 Å². The summed E-state index contributed by atoms with van der Waals surface area (Å²) < 4.78 is 29.0. The van der Waals surface area contributed by atoms with Gasteiger partial charge in [-0.1, -0.05) is 23.4 Å². The molecule has 8 nitrogen and oxygen atoms in total. The zero-order valence-corrected chi connectivity index (χ0v) is 16.6. The number of hydrogen-bond donors (Lipinski definition) is 0. The largest absolute Gasteiger partial charge is 0.337 e. The molecule has 3 heterocycles. The van der Waals surface area contributed by atoms with E-state index in [1.165, 1.54) is 0 Å². The average Bonchev–Trinajstić information content (AvgIpc) is 3.41. The van der Waals surface area contributed by atoms with Gasteiger partial charge in [0, 0.05) is 32.7 Å². The molecule has 2 aliphatic rings. The highest BCUT2D eigenvalue weighted by Crippen LogP contribution is 2.24. The van der Waals surface area contributed by atoms with Crippen LogP contribution in [0.25, 0.3) is 0 Å². The fourth-order valence-electron chi connectivity index (χ4n) is 3.97. The van der Waals surface area contributed by atoms with E-state index in [0.717, 1.165) is 38.8 Å². The van der Waals surface area contributed by atoms with Crippen molar-refractivity contribution < 1.29 is 13.2 Å². The number of hydrogen-bond acceptors (Lipinski definition) is 5. The van der Waals surface area contributed by atoms with Gasteiger partial charge in [-0.15, -0.1) is 5.10 Å². The number of nitrogens with zero attached hydrogens (tertiary/aromatic N) is 5. The lowest BCUT2D eigenvalue weighted by molar-refractivity contribution is 0.0787. The highest BCUT2D eigenvalue weighted by atomic mass is 32.2. The number of sulfonamides is 1. The molecular weight excluding hydrogens is 378 g/mol. The number of likely N-dealkylation sites (tertiary alicyclic amines) is 1. The maximum absolute atomic E-state index is 12.9. The fourth-order valence-corrected chi connectivity index (χ4v) is 5.54. The molecule has 2 aliphatic heterocycles. The fraction of sp³-hybridized carbons (Fsp3) is 0.526. The van der Waals surface area contributed by atoms with Crippen LogP contribution in [0.2, 0.25) is 0 Å². The molecule has 0 unspecified atom stereocenters. The molecule has 1 aromatic heterocycles. The van der Waals surface area contributed by atoms with E-state index in [4.69, 9.17) is 0 Å². The smallest absolute Gasteiger partial charge is 0.276 e. The van der Waals surface area contributed by atoms with Gasteiger partial charge in [0.25, 0.3) is 5.91 Å². The molecule has 0 bridgehead atoms. The minimum atomic E-state index is -3.48. The number of piperidine rings is 1. The van der Waals surface area contributed by atoms with Crippen molar-refractivity contribution in [3.63, 3.8) is 0 Å². The van der Waals surface area contributed by atoms with E-state index in [9.17, 15) is 13.2 Å². The molecule has 0 spiro atoms. The van der Waals surface area contributed by atoms with E-state index in [1.807, 2.05) is 11.0 Å². The van der Waals surface area contributed by atoms with Crippen molar-refractivity contribution >= 4 is 15.9 Å². The quantitative estimate of drug-likeness (QED) is 0.757. The number of amides is 1. The molecule has 1 aromatic carbocycles. The van der Waals surface area contributed by atoms with Crippen LogP contribution in [-0.4, -0.2) is 64.7 Å². The molecule has 4 rings (SSSR count). The summed E-state index contributed by atoms with van der Waals surface area (Å²) in [7, 11) is -3.48. The summed E-state index contributed by atoms with van der Waals surface area (Å²) >= 11 is 0. The van der Waals surface area contributed by atoms with E-state index in [0.29, 0.717) is 30.2 Å². The first-order valence-electron chi connectivity index (χ1n) is 9.78. The molecule has 9 heteroatoms. The predicted octanol–water partition coefficient (Wildman–Crippen LogP) is 1.61. The number of rotatable bonds is 5. The summed E-state index contributed by atoms with van der Waals surface area (Å²) in [6, 6.07) is 8.55. The van der Waals surface area contributed by atoms with Crippen LogP contribution < -0.4 is 0 Å². The maximum Gasteiger partial charge on any atom is 0.276 e. The molecule has 2 saturated heterocycles. The van der Waals surface area contributed by atoms with E-state index >= 15 is 0 Å². The molecule has 0 aliphatic carbocycles. The Labute approximate surface area is 165 Å². The SMILES string of the molecule is O=C(c1cn(C[C@@H]2CCCN(S(=O)(=O)c3ccccc3)C2)nn1)N1CCCC1. The summed E-state index contributed by atoms with van der Waals surface area (Å²) in [5, 5.41) is 8.13. The molecule has 2 fully saturated rings. The van der Waals surface area contributed by atoms with E-state index in [2.05, 4.69) is 10.3 Å². The molecule has 2 aromatic rings. The lowest BCUT2D eigenvalue weighted by Gasteiger charge is -2.31. The van der Waals surface area contributed by atoms with Gasteiger partial charge in [0.1, 0.15) is 0 Å². The van der Waals surface area contributed by atoms with Gasteiger partial charge in [-0.3, -0.25) is 9.48 Å². The van der Waals surface area contributed by atoms with Gasteiger partial charge < -0.3 is 4.90 Å². The van der Waals surface area contributed by atoms with Crippen molar-refractivity contribution in [2.75, 3.05) is 26.2 Å². The lowest BCUT2D eigenvalue weighted by atomic mass is 10.00. The van der Waals surface area contributed by atoms with Gasteiger partial charge >= 0.3 is 0 Å². The van der Waals surface area contributed by atoms with Gasteiger partial charge in [-0.05, 0) is 43.7 Å². The van der Waals surface area contributed by atoms with Crippen molar-refractivity contribution in [1.29, 1.82) is 0 Å². The Kier molecular flexibility index (Phi) is 5.45. The van der Waals surface area contributed by atoms with Crippen molar-refractivity contribution in [3.05, 3.63) is 42.2 Å². The second kappa shape index (κ2) is 8.00. The molecular formula is C19H25N5O3S. The Balaban J connectivity index is 1.41. The van der Waals surface area contributed by atoms with Crippen LogP contribution in [0.5, 0.6) is 0 Å². The summed E-state index contributed by atoms with van der Waals surface area (Å²) in [6.45, 7) is 3.10. The Morgan fingerprint density at radius 2 is 1.82 bits per heavy atom. The van der Waals surface area contributed by atoms with Crippen LogP contribution in [0, 0.1) is 5.92 Å². The van der Waals surface area contributed by atoms with E-state index in [-0.39, 0.29) is 11.8 Å². The van der Waals surface area contributed by atoms with Gasteiger partial charge in [0.05, 0.1) is 11.1 Å². The van der Waals surface area contributed by atoms with Crippen molar-refractivity contribution in [2.45, 2.75) is 37.1 Å². The van der Waals surface area contributed by atoms with Crippen LogP contribution in [-0.2, 0) is 16.6 Å². The molecule has 0 radical (unpaired) electrons. The van der Waals surface area contributed by atoms with Gasteiger partial charge in [-0.2, -0.15) is 4.31 Å². The van der Waals surface area contributed by atoms with Gasteiger partial charge in [0.15, 0.2) is 5.69 Å². The molecule has 150 valence electrons. The third kappa shape index (κ3) is 3.95. The first kappa shape index (κ1) is 19.1. The van der Waals surface area contributed by atoms with E-state index < -0.39 is 10.0 Å². The van der Waals surface area contributed by atoms with Gasteiger partial charge in [0.2, 0.25) is 10.0 Å². The topological polar surface area (TPSA) is 88.4 Å². The minimum Gasteiger partial charge on any atom is -0.337 e. The Morgan fingerprint density at radius 1 is 1.07 bits per heavy atom. The summed E-state index contributed by atoms with van der Waals surface area (Å²) in [5.41, 5.74) is 0.367. The minimum absolute atomic E-state index is 0.0688. The molecule has 1 amide bonds. The van der Waals surface area contributed by atoms with Crippen molar-refractivity contribution in [3.8, 4) is 0 Å². The standard InChI is InChI=1S/C19H25N5O3S/c25-19(22-10-4-5-11-22)18-15-23(21-20-18)13-16-7-6-12-24(14-16)28(26,27)17-8-2-1-3-9-17/h1-3,8-9,15-16H,4-7,10-14H2/t16-/m0/s1. The molecule has 0 saturated carbocycles. The third-order valence-electron chi connectivity index (χ3n) is 5.46. The summed E-state index contributed by atoms with van der Waals surface area (Å²) in [4.78, 5) is 14.6. The Bertz CT molecular complexity index is 922. The maximum atomic E-state index is 12.9. The Hall–Kier alpha value is -2.26. The predicted molar refractivity (Wildman–Crippen MR) is 103 cm³/mol. The molecule has 1 atom stereocenters. The van der Waals surface area contributed by atoms with Crippen LogP contribution in [0.3, 0.4) is 0 Å². The number of aromatic nitrogens is 3. The van der Waals surface area contributed by atoms with Crippen molar-refractivity contribution in [2.24, 2.45) is 5.92 Å². The summed E-state index contributed by atoms with van der Waals surface area (Å²) in [6.07, 6.45) is 5.49. The van der Waals surface area contributed by atoms with Crippen LogP contribution >= 0.6 is 0 Å². The van der Waals surface area contributed by atoms with Crippen LogP contribution in [0.1, 0.15) is 36.2 Å². The third-order valence-corrected chi connectivity index (χ3v) is 7.34. The first-order valence-corrected chi connectivity index (χ1v) is 11.2. The van der Waals surface area contributed by atoms with Crippen LogP contribution in [0.4, 0.5) is 0 Å². The zero-order chi connectivity index (χ0) is 19.6. The van der Waals surface area contributed by atoms with Crippen molar-refractivity contribution in [1.82, 2.24) is 24.2 Å². The number of benzene rings is 1. The van der Waals surface area contributed by atoms with Crippen LogP contribution in [0.15, 0.2) is 41.4 Å². The molecule has 28 heavy (non-hydrogen) atoms. The monoisotopic (exact) mass is 403 g/mol. The highest BCUT2D eigenvalue weighted by molar-refractivity contribution is 7.89. The lowest BCUT2D eigenvalue weighted by Crippen LogP contribution is -2.41. The number of carbonyl (C=O) groups excluding carboxylic acids is 1. The zero-order valence-electron chi connectivity index (χ0n) is 15.8. The summed E-state index contributed by atoms with van der Waals surface area (Å²) in [5.74, 6) is 0.0735. The first-order chi connectivity index (χ1) is 13.5. The average molecular weight is 404 g/mol. The highest BCUT2D eigenvalue weighted by Gasteiger charge is 2.30.